The van der Waals surface area contributed by atoms with Gasteiger partial charge in [-0.1, -0.05) is 0 Å². The molecule has 0 radical (unpaired) electrons. The van der Waals surface area contributed by atoms with Crippen molar-refractivity contribution in [2.24, 2.45) is 0 Å². The number of anilines is 1. The molecule has 2 rings (SSSR count). The lowest BCUT2D eigenvalue weighted by Gasteiger charge is -2.36. The van der Waals surface area contributed by atoms with Crippen molar-refractivity contribution in [1.82, 2.24) is 0 Å². The fourth-order valence-electron chi connectivity index (χ4n) is 2.42. The Kier molecular flexibility index (Phi) is 3.95. The number of benzene rings is 1. The zero-order valence-electron chi connectivity index (χ0n) is 11.4. The molecule has 0 saturated carbocycles. The smallest absolute Gasteiger partial charge is 0.382 e. The molecule has 20 heavy (non-hydrogen) atoms. The largest absolute Gasteiger partial charge is 0.419 e. The van der Waals surface area contributed by atoms with Gasteiger partial charge in [0.1, 0.15) is 5.82 Å². The molecule has 2 nitrogen and oxygen atoms in total. The summed E-state index contributed by atoms with van der Waals surface area (Å²) in [5.41, 5.74) is -1.27. The Morgan fingerprint density at radius 2 is 2.00 bits per heavy atom. The normalized spacial score (nSPS) is 22.6. The van der Waals surface area contributed by atoms with Gasteiger partial charge in [0.2, 0.25) is 0 Å². The third kappa shape index (κ3) is 3.62. The second-order valence-corrected chi connectivity index (χ2v) is 5.63. The molecule has 1 unspecified atom stereocenters. The van der Waals surface area contributed by atoms with Gasteiger partial charge in [0.25, 0.3) is 0 Å². The Bertz CT molecular complexity index is 485. The van der Waals surface area contributed by atoms with Crippen molar-refractivity contribution in [2.45, 2.75) is 44.5 Å². The predicted octanol–water partition coefficient (Wildman–Crippen LogP) is 4.21. The molecular weight excluding hydrogens is 274 g/mol. The highest BCUT2D eigenvalue weighted by molar-refractivity contribution is 5.48. The molecule has 0 spiro atoms. The summed E-state index contributed by atoms with van der Waals surface area (Å²) in [7, 11) is 0. The topological polar surface area (TPSA) is 21.3 Å². The number of hydrogen-bond acceptors (Lipinski definition) is 2. The maximum Gasteiger partial charge on any atom is 0.419 e. The van der Waals surface area contributed by atoms with E-state index >= 15 is 0 Å². The summed E-state index contributed by atoms with van der Waals surface area (Å²) in [5, 5.41) is 3.03. The lowest BCUT2D eigenvalue weighted by atomic mass is 9.93. The molecule has 0 aliphatic carbocycles. The Hall–Kier alpha value is -1.30. The molecule has 112 valence electrons. The van der Waals surface area contributed by atoms with Crippen molar-refractivity contribution in [1.29, 1.82) is 0 Å². The molecule has 6 heteroatoms. The van der Waals surface area contributed by atoms with Crippen molar-refractivity contribution in [3.63, 3.8) is 0 Å². The molecule has 1 fully saturated rings. The molecule has 0 aromatic heterocycles. The van der Waals surface area contributed by atoms with Gasteiger partial charge in [0.05, 0.1) is 11.2 Å². The van der Waals surface area contributed by atoms with Crippen LogP contribution in [-0.2, 0) is 10.9 Å². The highest BCUT2D eigenvalue weighted by atomic mass is 19.4. The average molecular weight is 291 g/mol. The molecular formula is C14H17F4NO. The summed E-state index contributed by atoms with van der Waals surface area (Å²) in [6, 6.07) is 3.01. The molecule has 1 aromatic carbocycles. The number of ether oxygens (including phenoxy) is 1. The molecule has 1 aromatic rings. The van der Waals surface area contributed by atoms with Crippen LogP contribution in [0.1, 0.15) is 32.3 Å². The van der Waals surface area contributed by atoms with E-state index in [9.17, 15) is 17.6 Å². The van der Waals surface area contributed by atoms with Gasteiger partial charge in [-0.25, -0.2) is 4.39 Å². The van der Waals surface area contributed by atoms with Gasteiger partial charge >= 0.3 is 6.18 Å². The van der Waals surface area contributed by atoms with E-state index in [1.165, 1.54) is 6.07 Å². The first-order valence-corrected chi connectivity index (χ1v) is 6.45. The average Bonchev–Trinajstić information content (AvgIpc) is 2.29. The molecule has 1 aliphatic heterocycles. The SMILES string of the molecule is CC1(C)CC(Nc2ccc(F)c(C(F)(F)F)c2)CCO1. The van der Waals surface area contributed by atoms with E-state index in [2.05, 4.69) is 5.32 Å². The summed E-state index contributed by atoms with van der Waals surface area (Å²) < 4.78 is 56.7. The van der Waals surface area contributed by atoms with E-state index in [1.807, 2.05) is 13.8 Å². The van der Waals surface area contributed by atoms with E-state index in [0.717, 1.165) is 12.1 Å². The summed E-state index contributed by atoms with van der Waals surface area (Å²) in [5.74, 6) is -1.25. The molecule has 0 bridgehead atoms. The molecule has 0 amide bonds. The van der Waals surface area contributed by atoms with Gasteiger partial charge < -0.3 is 10.1 Å². The van der Waals surface area contributed by atoms with Gasteiger partial charge in [0, 0.05) is 18.3 Å². The quantitative estimate of drug-likeness (QED) is 0.824. The van der Waals surface area contributed by atoms with Crippen LogP contribution in [0.25, 0.3) is 0 Å². The van der Waals surface area contributed by atoms with Crippen LogP contribution in [0.5, 0.6) is 0 Å². The minimum atomic E-state index is -4.68. The van der Waals surface area contributed by atoms with Crippen LogP contribution >= 0.6 is 0 Å². The maximum absolute atomic E-state index is 13.2. The van der Waals surface area contributed by atoms with Crippen LogP contribution in [0.15, 0.2) is 18.2 Å². The fraction of sp³-hybridized carbons (Fsp3) is 0.571. The fourth-order valence-corrected chi connectivity index (χ4v) is 2.42. The summed E-state index contributed by atoms with van der Waals surface area (Å²) in [6.07, 6.45) is -3.29. The molecule has 1 saturated heterocycles. The number of halogens is 4. The van der Waals surface area contributed by atoms with Crippen LogP contribution in [0.3, 0.4) is 0 Å². The van der Waals surface area contributed by atoms with Crippen molar-refractivity contribution in [2.75, 3.05) is 11.9 Å². The number of nitrogens with one attached hydrogen (secondary N) is 1. The maximum atomic E-state index is 13.2. The highest BCUT2D eigenvalue weighted by Gasteiger charge is 2.35. The Balaban J connectivity index is 2.14. The summed E-state index contributed by atoms with van der Waals surface area (Å²) in [4.78, 5) is 0. The van der Waals surface area contributed by atoms with Crippen molar-refractivity contribution < 1.29 is 22.3 Å². The van der Waals surface area contributed by atoms with Crippen LogP contribution in [0.2, 0.25) is 0 Å². The summed E-state index contributed by atoms with van der Waals surface area (Å²) in [6.45, 7) is 4.43. The van der Waals surface area contributed by atoms with Crippen LogP contribution < -0.4 is 5.32 Å². The van der Waals surface area contributed by atoms with Crippen molar-refractivity contribution >= 4 is 5.69 Å². The molecule has 1 N–H and O–H groups in total. The van der Waals surface area contributed by atoms with E-state index in [4.69, 9.17) is 4.74 Å². The molecule has 1 heterocycles. The third-order valence-corrected chi connectivity index (χ3v) is 3.34. The van der Waals surface area contributed by atoms with Crippen LogP contribution in [-0.4, -0.2) is 18.2 Å². The lowest BCUT2D eigenvalue weighted by Crippen LogP contribution is -2.40. The van der Waals surface area contributed by atoms with Crippen molar-refractivity contribution in [3.8, 4) is 0 Å². The standard InChI is InChI=1S/C14H17F4NO/c1-13(2)8-10(5-6-20-13)19-9-3-4-12(15)11(7-9)14(16,17)18/h3-4,7,10,19H,5-6,8H2,1-2H3. The van der Waals surface area contributed by atoms with Crippen molar-refractivity contribution in [3.05, 3.63) is 29.6 Å². The Labute approximate surface area is 115 Å². The van der Waals surface area contributed by atoms with Gasteiger partial charge in [-0.2, -0.15) is 13.2 Å². The first-order chi connectivity index (χ1) is 9.17. The van der Waals surface area contributed by atoms with Gasteiger partial charge in [-0.15, -0.1) is 0 Å². The first-order valence-electron chi connectivity index (χ1n) is 6.45. The molecule has 1 atom stereocenters. The number of alkyl halides is 3. The predicted molar refractivity (Wildman–Crippen MR) is 68.1 cm³/mol. The first kappa shape index (κ1) is 15.1. The van der Waals surface area contributed by atoms with Gasteiger partial charge in [0.15, 0.2) is 0 Å². The monoisotopic (exact) mass is 291 g/mol. The zero-order valence-corrected chi connectivity index (χ0v) is 11.4. The summed E-state index contributed by atoms with van der Waals surface area (Å²) >= 11 is 0. The number of rotatable bonds is 2. The zero-order chi connectivity index (χ0) is 15.0. The highest BCUT2D eigenvalue weighted by Crippen LogP contribution is 2.34. The Morgan fingerprint density at radius 1 is 1.30 bits per heavy atom. The minimum absolute atomic E-state index is 0.0188. The van der Waals surface area contributed by atoms with Crippen LogP contribution in [0.4, 0.5) is 23.2 Å². The van der Waals surface area contributed by atoms with E-state index in [1.54, 1.807) is 0 Å². The number of hydrogen-bond donors (Lipinski definition) is 1. The van der Waals surface area contributed by atoms with Crippen LogP contribution in [0, 0.1) is 5.82 Å². The second kappa shape index (κ2) is 5.24. The second-order valence-electron chi connectivity index (χ2n) is 5.63. The van der Waals surface area contributed by atoms with Gasteiger partial charge in [-0.3, -0.25) is 0 Å². The minimum Gasteiger partial charge on any atom is -0.382 e. The van der Waals surface area contributed by atoms with E-state index in [0.29, 0.717) is 19.4 Å². The third-order valence-electron chi connectivity index (χ3n) is 3.34. The lowest BCUT2D eigenvalue weighted by molar-refractivity contribution is -0.139. The van der Waals surface area contributed by atoms with Gasteiger partial charge in [-0.05, 0) is 44.9 Å². The van der Waals surface area contributed by atoms with E-state index in [-0.39, 0.29) is 17.3 Å². The van der Waals surface area contributed by atoms with E-state index < -0.39 is 17.6 Å². The Morgan fingerprint density at radius 3 is 2.60 bits per heavy atom. The molecule has 1 aliphatic rings.